The smallest absolute Gasteiger partial charge is 0.408 e. The summed E-state index contributed by atoms with van der Waals surface area (Å²) in [4.78, 5) is 32.2. The van der Waals surface area contributed by atoms with Gasteiger partial charge in [-0.15, -0.1) is 0 Å². The Kier molecular flexibility index (Phi) is 5.90. The molecule has 0 saturated heterocycles. The molecule has 0 spiro atoms. The third kappa shape index (κ3) is 4.86. The predicted molar refractivity (Wildman–Crippen MR) is 105 cm³/mol. The molecule has 0 unspecified atom stereocenters. The van der Waals surface area contributed by atoms with Gasteiger partial charge in [0.25, 0.3) is 0 Å². The van der Waals surface area contributed by atoms with E-state index in [0.717, 1.165) is 5.56 Å². The van der Waals surface area contributed by atoms with Crippen LogP contribution in [0.25, 0.3) is 10.9 Å². The maximum absolute atomic E-state index is 12.2. The molecule has 8 nitrogen and oxygen atoms in total. The van der Waals surface area contributed by atoms with Gasteiger partial charge < -0.3 is 21.5 Å². The number of aromatic nitrogens is 2. The zero-order valence-corrected chi connectivity index (χ0v) is 15.5. The molecule has 0 bridgehead atoms. The number of nitrogen functional groups attached to an aromatic ring is 1. The van der Waals surface area contributed by atoms with Gasteiger partial charge in [0.15, 0.2) is 5.82 Å². The van der Waals surface area contributed by atoms with E-state index in [1.807, 2.05) is 30.3 Å². The summed E-state index contributed by atoms with van der Waals surface area (Å²) < 4.78 is 5.19. The number of alkyl carbamates (subject to hydrolysis) is 1. The zero-order chi connectivity index (χ0) is 20.1. The van der Waals surface area contributed by atoms with Crippen molar-refractivity contribution in [2.75, 3.05) is 5.73 Å². The first-order chi connectivity index (χ1) is 13.4. The molecule has 0 fully saturated rings. The number of nitrogens with one attached hydrogen (secondary N) is 1. The lowest BCUT2D eigenvalue weighted by molar-refractivity contribution is -0.118. The van der Waals surface area contributed by atoms with E-state index < -0.39 is 18.0 Å². The molecule has 0 saturated carbocycles. The molecule has 0 aliphatic rings. The highest BCUT2D eigenvalue weighted by molar-refractivity contribution is 6.31. The number of anilines is 1. The van der Waals surface area contributed by atoms with Crippen molar-refractivity contribution >= 4 is 40.3 Å². The lowest BCUT2D eigenvalue weighted by atomic mass is 10.1. The molecular weight excluding hydrogens is 382 g/mol. The van der Waals surface area contributed by atoms with Gasteiger partial charge in [-0.05, 0) is 23.8 Å². The lowest BCUT2D eigenvalue weighted by Crippen LogP contribution is -2.33. The predicted octanol–water partition coefficient (Wildman–Crippen LogP) is 2.71. The highest BCUT2D eigenvalue weighted by Crippen LogP contribution is 2.24. The monoisotopic (exact) mass is 399 g/mol. The number of amides is 2. The van der Waals surface area contributed by atoms with Crippen molar-refractivity contribution in [3.8, 4) is 0 Å². The number of ether oxygens (including phenoxy) is 1. The van der Waals surface area contributed by atoms with Crippen LogP contribution < -0.4 is 16.8 Å². The highest BCUT2D eigenvalue weighted by Gasteiger charge is 2.22. The number of hydrogen-bond donors (Lipinski definition) is 3. The number of hydrogen-bond acceptors (Lipinski definition) is 6. The largest absolute Gasteiger partial charge is 0.445 e. The number of nitrogens with zero attached hydrogens (tertiary/aromatic N) is 2. The van der Waals surface area contributed by atoms with Gasteiger partial charge in [-0.2, -0.15) is 0 Å². The number of benzene rings is 2. The highest BCUT2D eigenvalue weighted by atomic mass is 35.5. The van der Waals surface area contributed by atoms with Crippen LogP contribution in [0.5, 0.6) is 0 Å². The number of nitrogens with two attached hydrogens (primary N) is 2. The van der Waals surface area contributed by atoms with Gasteiger partial charge in [0, 0.05) is 10.4 Å². The van der Waals surface area contributed by atoms with Crippen LogP contribution in [0.2, 0.25) is 5.02 Å². The van der Waals surface area contributed by atoms with Gasteiger partial charge in [0.05, 0.1) is 11.9 Å². The summed E-state index contributed by atoms with van der Waals surface area (Å²) >= 11 is 6.01. The van der Waals surface area contributed by atoms with Gasteiger partial charge in [0.2, 0.25) is 5.91 Å². The zero-order valence-electron chi connectivity index (χ0n) is 14.8. The standard InChI is InChI=1S/C19H18ClN5O3/c20-12-6-7-13-14(8-12)23-18(25-17(13)22)15(9-16(21)26)24-19(27)28-10-11-4-2-1-3-5-11/h1-8,15H,9-10H2,(H2,21,26)(H,24,27)(H2,22,23,25)/t15-/m0/s1. The number of primary amides is 1. The summed E-state index contributed by atoms with van der Waals surface area (Å²) in [7, 11) is 0. The summed E-state index contributed by atoms with van der Waals surface area (Å²) in [5, 5.41) is 3.65. The Morgan fingerprint density at radius 1 is 1.14 bits per heavy atom. The SMILES string of the molecule is NC(=O)C[C@H](NC(=O)OCc1ccccc1)c1nc(N)c2ccc(Cl)cc2n1. The Morgan fingerprint density at radius 2 is 1.89 bits per heavy atom. The second-order valence-corrected chi connectivity index (χ2v) is 6.49. The van der Waals surface area contributed by atoms with E-state index in [1.54, 1.807) is 18.2 Å². The molecule has 5 N–H and O–H groups in total. The Balaban J connectivity index is 1.80. The van der Waals surface area contributed by atoms with Gasteiger partial charge in [-0.1, -0.05) is 41.9 Å². The Labute approximate surface area is 165 Å². The maximum Gasteiger partial charge on any atom is 0.408 e. The first kappa shape index (κ1) is 19.4. The van der Waals surface area contributed by atoms with E-state index in [2.05, 4.69) is 15.3 Å². The minimum Gasteiger partial charge on any atom is -0.445 e. The van der Waals surface area contributed by atoms with Crippen LogP contribution in [-0.4, -0.2) is 22.0 Å². The van der Waals surface area contributed by atoms with E-state index >= 15 is 0 Å². The summed E-state index contributed by atoms with van der Waals surface area (Å²) in [6, 6.07) is 13.3. The molecule has 3 rings (SSSR count). The van der Waals surface area contributed by atoms with Crippen LogP contribution in [0.4, 0.5) is 10.6 Å². The third-order valence-electron chi connectivity index (χ3n) is 3.93. The molecule has 144 valence electrons. The van der Waals surface area contributed by atoms with E-state index in [9.17, 15) is 9.59 Å². The summed E-state index contributed by atoms with van der Waals surface area (Å²) in [6.07, 6.45) is -0.949. The third-order valence-corrected chi connectivity index (χ3v) is 4.16. The number of halogens is 1. The topological polar surface area (TPSA) is 133 Å². The molecule has 0 aliphatic carbocycles. The van der Waals surface area contributed by atoms with E-state index in [-0.39, 0.29) is 24.7 Å². The first-order valence-electron chi connectivity index (χ1n) is 8.40. The van der Waals surface area contributed by atoms with Crippen molar-refractivity contribution in [3.63, 3.8) is 0 Å². The van der Waals surface area contributed by atoms with Gasteiger partial charge in [-0.3, -0.25) is 4.79 Å². The van der Waals surface area contributed by atoms with Crippen molar-refractivity contribution in [2.24, 2.45) is 5.73 Å². The van der Waals surface area contributed by atoms with Crippen LogP contribution in [0.1, 0.15) is 23.9 Å². The average molecular weight is 400 g/mol. The molecular formula is C19H18ClN5O3. The normalized spacial score (nSPS) is 11.8. The van der Waals surface area contributed by atoms with Crippen molar-refractivity contribution < 1.29 is 14.3 Å². The van der Waals surface area contributed by atoms with Crippen molar-refractivity contribution in [1.82, 2.24) is 15.3 Å². The van der Waals surface area contributed by atoms with E-state index in [4.69, 9.17) is 27.8 Å². The summed E-state index contributed by atoms with van der Waals surface area (Å²) in [5.74, 6) is -0.296. The molecule has 0 radical (unpaired) electrons. The number of rotatable bonds is 6. The fourth-order valence-electron chi connectivity index (χ4n) is 2.62. The fraction of sp³-hybridized carbons (Fsp3) is 0.158. The minimum atomic E-state index is -0.897. The maximum atomic E-state index is 12.2. The molecule has 9 heteroatoms. The molecule has 28 heavy (non-hydrogen) atoms. The van der Waals surface area contributed by atoms with Crippen LogP contribution in [0, 0.1) is 0 Å². The van der Waals surface area contributed by atoms with Gasteiger partial charge >= 0.3 is 6.09 Å². The number of fused-ring (bicyclic) bond motifs is 1. The second kappa shape index (κ2) is 8.53. The van der Waals surface area contributed by atoms with Gasteiger partial charge in [-0.25, -0.2) is 14.8 Å². The summed E-state index contributed by atoms with van der Waals surface area (Å²) in [6.45, 7) is 0.0757. The van der Waals surface area contributed by atoms with Crippen molar-refractivity contribution in [1.29, 1.82) is 0 Å². The van der Waals surface area contributed by atoms with Crippen LogP contribution in [-0.2, 0) is 16.1 Å². The van der Waals surface area contributed by atoms with Crippen LogP contribution in [0.15, 0.2) is 48.5 Å². The van der Waals surface area contributed by atoms with Gasteiger partial charge in [0.1, 0.15) is 18.5 Å². The second-order valence-electron chi connectivity index (χ2n) is 6.06. The fourth-order valence-corrected chi connectivity index (χ4v) is 2.78. The lowest BCUT2D eigenvalue weighted by Gasteiger charge is -2.17. The van der Waals surface area contributed by atoms with Crippen LogP contribution in [0.3, 0.4) is 0 Å². The van der Waals surface area contributed by atoms with E-state index in [1.165, 1.54) is 0 Å². The minimum absolute atomic E-state index is 0.0757. The molecule has 1 atom stereocenters. The number of carbonyl (C=O) groups is 2. The molecule has 2 aromatic carbocycles. The van der Waals surface area contributed by atoms with Crippen molar-refractivity contribution in [3.05, 3.63) is 64.9 Å². The van der Waals surface area contributed by atoms with Crippen LogP contribution >= 0.6 is 11.6 Å². The molecule has 0 aliphatic heterocycles. The van der Waals surface area contributed by atoms with Crippen molar-refractivity contribution in [2.45, 2.75) is 19.1 Å². The molecule has 3 aromatic rings. The van der Waals surface area contributed by atoms with E-state index in [0.29, 0.717) is 15.9 Å². The first-order valence-corrected chi connectivity index (χ1v) is 8.78. The Hall–Kier alpha value is -3.39. The molecule has 1 heterocycles. The molecule has 2 amide bonds. The average Bonchev–Trinajstić information content (AvgIpc) is 2.66. The Morgan fingerprint density at radius 3 is 2.61 bits per heavy atom. The Bertz CT molecular complexity index is 1010. The summed E-state index contributed by atoms with van der Waals surface area (Å²) in [5.41, 5.74) is 12.6. The quantitative estimate of drug-likeness (QED) is 0.583. The molecule has 1 aromatic heterocycles. The number of carbonyl (C=O) groups excluding carboxylic acids is 2.